The fourth-order valence-electron chi connectivity index (χ4n) is 4.16. The van der Waals surface area contributed by atoms with Gasteiger partial charge in [0.2, 0.25) is 0 Å². The third-order valence-corrected chi connectivity index (χ3v) is 7.69. The highest BCUT2D eigenvalue weighted by Crippen LogP contribution is 2.33. The van der Waals surface area contributed by atoms with Crippen LogP contribution in [0.4, 0.5) is 15.2 Å². The summed E-state index contributed by atoms with van der Waals surface area (Å²) in [5.74, 6) is -0.203. The van der Waals surface area contributed by atoms with Crippen molar-refractivity contribution in [1.82, 2.24) is 9.88 Å². The number of nitrogens with one attached hydrogen (secondary N) is 2. The summed E-state index contributed by atoms with van der Waals surface area (Å²) in [5.41, 5.74) is 1.36. The van der Waals surface area contributed by atoms with Gasteiger partial charge in [-0.1, -0.05) is 0 Å². The van der Waals surface area contributed by atoms with Gasteiger partial charge in [-0.3, -0.25) is 4.72 Å². The number of fused-ring (bicyclic) bond motifs is 1. The number of nitrogens with zero attached hydrogens (tertiary/aromatic N) is 2. The molecular formula is C18H23FN4O2S2. The van der Waals surface area contributed by atoms with Gasteiger partial charge in [-0.25, -0.2) is 17.8 Å². The Labute approximate surface area is 162 Å². The fraction of sp³-hybridized carbons (Fsp3) is 0.500. The second-order valence-corrected chi connectivity index (χ2v) is 9.76. The topological polar surface area (TPSA) is 74.3 Å². The van der Waals surface area contributed by atoms with Gasteiger partial charge in [0.15, 0.2) is 5.13 Å². The Balaban J connectivity index is 1.48. The van der Waals surface area contributed by atoms with Crippen molar-refractivity contribution >= 4 is 32.2 Å². The first-order valence-corrected chi connectivity index (χ1v) is 11.5. The van der Waals surface area contributed by atoms with Gasteiger partial charge in [-0.2, -0.15) is 0 Å². The molecule has 9 heteroatoms. The van der Waals surface area contributed by atoms with E-state index < -0.39 is 15.8 Å². The van der Waals surface area contributed by atoms with E-state index in [1.165, 1.54) is 37.7 Å². The Hall–Kier alpha value is -1.71. The van der Waals surface area contributed by atoms with Crippen LogP contribution in [0.1, 0.15) is 24.8 Å². The van der Waals surface area contributed by atoms with Crippen molar-refractivity contribution in [3.63, 3.8) is 0 Å². The molecule has 0 spiro atoms. The van der Waals surface area contributed by atoms with E-state index in [1.807, 2.05) is 0 Å². The summed E-state index contributed by atoms with van der Waals surface area (Å²) in [6.07, 6.45) is 5.14. The van der Waals surface area contributed by atoms with Crippen LogP contribution in [0.3, 0.4) is 0 Å². The van der Waals surface area contributed by atoms with Crippen LogP contribution in [-0.2, 0) is 10.0 Å². The number of sulfonamides is 1. The zero-order valence-electron chi connectivity index (χ0n) is 15.1. The summed E-state index contributed by atoms with van der Waals surface area (Å²) in [4.78, 5) is 6.07. The highest BCUT2D eigenvalue weighted by Gasteiger charge is 2.36. The molecule has 2 aliphatic heterocycles. The molecule has 1 aromatic carbocycles. The number of halogens is 1. The molecule has 3 heterocycles. The number of hydrogen-bond donors (Lipinski definition) is 2. The number of hydrogen-bond acceptors (Lipinski definition) is 6. The zero-order chi connectivity index (χ0) is 19.0. The van der Waals surface area contributed by atoms with Crippen molar-refractivity contribution in [1.29, 1.82) is 0 Å². The van der Waals surface area contributed by atoms with Crippen LogP contribution in [0, 0.1) is 18.7 Å². The monoisotopic (exact) mass is 410 g/mol. The number of anilines is 2. The van der Waals surface area contributed by atoms with E-state index in [9.17, 15) is 12.8 Å². The smallest absolute Gasteiger partial charge is 0.266 e. The molecule has 1 aromatic heterocycles. The number of aromatic nitrogens is 1. The Morgan fingerprint density at radius 3 is 2.96 bits per heavy atom. The SMILES string of the molecule is Cc1cc(S(=O)(=O)Nc2nccs2)c(F)cc1NC[C@@H]1CCN2CCCC12. The molecule has 1 unspecified atom stereocenters. The maximum absolute atomic E-state index is 14.6. The van der Waals surface area contributed by atoms with Crippen LogP contribution in [0.2, 0.25) is 0 Å². The van der Waals surface area contributed by atoms with Gasteiger partial charge in [-0.05, 0) is 62.9 Å². The van der Waals surface area contributed by atoms with Crippen molar-refractivity contribution in [3.05, 3.63) is 35.1 Å². The van der Waals surface area contributed by atoms with Gasteiger partial charge in [0.1, 0.15) is 10.7 Å². The van der Waals surface area contributed by atoms with Crippen LogP contribution < -0.4 is 10.0 Å². The van der Waals surface area contributed by atoms with Crippen LogP contribution in [0.25, 0.3) is 0 Å². The number of aryl methyl sites for hydroxylation is 1. The lowest BCUT2D eigenvalue weighted by Crippen LogP contribution is -2.29. The van der Waals surface area contributed by atoms with E-state index in [2.05, 4.69) is 19.9 Å². The highest BCUT2D eigenvalue weighted by atomic mass is 32.2. The third kappa shape index (κ3) is 3.81. The Morgan fingerprint density at radius 1 is 1.33 bits per heavy atom. The van der Waals surface area contributed by atoms with E-state index >= 15 is 0 Å². The molecular weight excluding hydrogens is 387 g/mol. The highest BCUT2D eigenvalue weighted by molar-refractivity contribution is 7.93. The predicted octanol–water partition coefficient (Wildman–Crippen LogP) is 3.29. The van der Waals surface area contributed by atoms with Crippen molar-refractivity contribution in [2.45, 2.75) is 37.1 Å². The molecule has 146 valence electrons. The lowest BCUT2D eigenvalue weighted by atomic mass is 9.98. The van der Waals surface area contributed by atoms with Crippen molar-refractivity contribution in [2.24, 2.45) is 5.92 Å². The average Bonchev–Trinajstić information content (AvgIpc) is 3.33. The molecule has 27 heavy (non-hydrogen) atoms. The molecule has 6 nitrogen and oxygen atoms in total. The van der Waals surface area contributed by atoms with Gasteiger partial charge in [0, 0.05) is 29.9 Å². The second-order valence-electron chi connectivity index (χ2n) is 7.22. The largest absolute Gasteiger partial charge is 0.384 e. The fourth-order valence-corrected chi connectivity index (χ4v) is 6.10. The minimum atomic E-state index is -4.01. The van der Waals surface area contributed by atoms with Gasteiger partial charge >= 0.3 is 0 Å². The summed E-state index contributed by atoms with van der Waals surface area (Å²) < 4.78 is 41.8. The van der Waals surface area contributed by atoms with Crippen LogP contribution >= 0.6 is 11.3 Å². The van der Waals surface area contributed by atoms with Gasteiger partial charge in [0.25, 0.3) is 10.0 Å². The first-order valence-electron chi connectivity index (χ1n) is 9.14. The molecule has 2 N–H and O–H groups in total. The summed E-state index contributed by atoms with van der Waals surface area (Å²) >= 11 is 1.15. The van der Waals surface area contributed by atoms with E-state index in [4.69, 9.17) is 0 Å². The lowest BCUT2D eigenvalue weighted by molar-refractivity contribution is 0.295. The zero-order valence-corrected chi connectivity index (χ0v) is 16.7. The maximum atomic E-state index is 14.6. The van der Waals surface area contributed by atoms with Gasteiger partial charge in [0.05, 0.1) is 0 Å². The molecule has 0 saturated carbocycles. The molecule has 2 fully saturated rings. The second kappa shape index (κ2) is 7.37. The first-order chi connectivity index (χ1) is 12.9. The number of thiazole rings is 1. The minimum Gasteiger partial charge on any atom is -0.384 e. The van der Waals surface area contributed by atoms with Crippen molar-refractivity contribution < 1.29 is 12.8 Å². The van der Waals surface area contributed by atoms with Gasteiger partial charge < -0.3 is 10.2 Å². The summed E-state index contributed by atoms with van der Waals surface area (Å²) in [5, 5.41) is 5.21. The number of benzene rings is 1. The average molecular weight is 411 g/mol. The molecule has 0 radical (unpaired) electrons. The first kappa shape index (κ1) is 18.6. The molecule has 0 bridgehead atoms. The molecule has 2 atom stereocenters. The van der Waals surface area contributed by atoms with E-state index in [1.54, 1.807) is 12.3 Å². The number of rotatable bonds is 6. The van der Waals surface area contributed by atoms with E-state index in [0.29, 0.717) is 23.2 Å². The summed E-state index contributed by atoms with van der Waals surface area (Å²) in [6.45, 7) is 4.91. The third-order valence-electron chi connectivity index (χ3n) is 5.52. The molecule has 4 rings (SSSR count). The molecule has 2 aliphatic rings. The standard InChI is InChI=1S/C18H23FN4O2S2/c1-12-9-17(27(24,25)22-18-20-5-8-26-18)14(19)10-15(12)21-11-13-4-7-23-6-2-3-16(13)23/h5,8-10,13,16,21H,2-4,6-7,11H2,1H3,(H,20,22)/t13-,16?/m0/s1. The van der Waals surface area contributed by atoms with Crippen molar-refractivity contribution in [3.8, 4) is 0 Å². The molecule has 0 amide bonds. The van der Waals surface area contributed by atoms with Crippen LogP contribution in [0.5, 0.6) is 0 Å². The maximum Gasteiger partial charge on any atom is 0.266 e. The molecule has 2 saturated heterocycles. The summed E-state index contributed by atoms with van der Waals surface area (Å²) in [6, 6.07) is 3.29. The summed E-state index contributed by atoms with van der Waals surface area (Å²) in [7, 11) is -4.01. The molecule has 0 aliphatic carbocycles. The lowest BCUT2D eigenvalue weighted by Gasteiger charge is -2.21. The van der Waals surface area contributed by atoms with Crippen LogP contribution in [-0.4, -0.2) is 44.0 Å². The quantitative estimate of drug-likeness (QED) is 0.764. The molecule has 2 aromatic rings. The Morgan fingerprint density at radius 2 is 2.19 bits per heavy atom. The van der Waals surface area contributed by atoms with E-state index in [0.717, 1.165) is 30.8 Å². The Bertz CT molecular complexity index is 918. The van der Waals surface area contributed by atoms with Gasteiger partial charge in [-0.15, -0.1) is 11.3 Å². The minimum absolute atomic E-state index is 0.219. The van der Waals surface area contributed by atoms with Crippen LogP contribution in [0.15, 0.2) is 28.6 Å². The van der Waals surface area contributed by atoms with E-state index in [-0.39, 0.29) is 10.0 Å². The Kier molecular flexibility index (Phi) is 5.09. The van der Waals surface area contributed by atoms with Crippen molar-refractivity contribution in [2.75, 3.05) is 29.7 Å². The predicted molar refractivity (Wildman–Crippen MR) is 105 cm³/mol. The normalized spacial score (nSPS) is 22.7.